The highest BCUT2D eigenvalue weighted by Crippen LogP contribution is 2.44. The van der Waals surface area contributed by atoms with Crippen LogP contribution in [0.1, 0.15) is 36.6 Å². The summed E-state index contributed by atoms with van der Waals surface area (Å²) in [6.07, 6.45) is 2.87. The van der Waals surface area contributed by atoms with Gasteiger partial charge in [0.05, 0.1) is 17.4 Å². The van der Waals surface area contributed by atoms with Gasteiger partial charge in [-0.3, -0.25) is 9.58 Å². The molecule has 2 aromatic rings. The van der Waals surface area contributed by atoms with E-state index in [1.54, 1.807) is 4.90 Å². The van der Waals surface area contributed by atoms with Gasteiger partial charge in [-0.1, -0.05) is 30.3 Å². The molecule has 2 atom stereocenters. The third kappa shape index (κ3) is 1.85. The molecule has 1 amide bonds. The number of hydrogen-bond donors (Lipinski definition) is 1. The van der Waals surface area contributed by atoms with Crippen molar-refractivity contribution in [1.29, 1.82) is 0 Å². The first-order chi connectivity index (χ1) is 10.7. The summed E-state index contributed by atoms with van der Waals surface area (Å²) in [5.74, 6) is 0. The molecule has 0 unspecified atom stereocenters. The van der Waals surface area contributed by atoms with Crippen LogP contribution >= 0.6 is 0 Å². The lowest BCUT2D eigenvalue weighted by molar-refractivity contribution is 0.0610. The molecular formula is C17H19N3O2. The van der Waals surface area contributed by atoms with Crippen LogP contribution in [0, 0.1) is 0 Å². The van der Waals surface area contributed by atoms with Gasteiger partial charge in [0.15, 0.2) is 0 Å². The van der Waals surface area contributed by atoms with Crippen molar-refractivity contribution in [2.45, 2.75) is 37.8 Å². The first-order valence-corrected chi connectivity index (χ1v) is 7.79. The van der Waals surface area contributed by atoms with E-state index in [4.69, 9.17) is 5.10 Å². The van der Waals surface area contributed by atoms with E-state index in [0.29, 0.717) is 0 Å². The van der Waals surface area contributed by atoms with Gasteiger partial charge in [0, 0.05) is 24.2 Å². The Hall–Kier alpha value is -2.30. The monoisotopic (exact) mass is 297 g/mol. The zero-order chi connectivity index (χ0) is 15.3. The molecule has 2 aliphatic rings. The number of carboxylic acid groups (broad SMARTS) is 1. The van der Waals surface area contributed by atoms with Crippen LogP contribution in [0.3, 0.4) is 0 Å². The lowest BCUT2D eigenvalue weighted by Crippen LogP contribution is -2.49. The highest BCUT2D eigenvalue weighted by Gasteiger charge is 2.43. The van der Waals surface area contributed by atoms with Gasteiger partial charge in [0.25, 0.3) is 0 Å². The fourth-order valence-corrected chi connectivity index (χ4v) is 4.09. The van der Waals surface area contributed by atoms with Crippen LogP contribution in [0.4, 0.5) is 4.79 Å². The number of piperidine rings is 1. The van der Waals surface area contributed by atoms with Crippen LogP contribution in [0.25, 0.3) is 11.3 Å². The molecule has 4 rings (SSSR count). The van der Waals surface area contributed by atoms with E-state index in [2.05, 4.69) is 12.1 Å². The van der Waals surface area contributed by atoms with Crippen molar-refractivity contribution in [1.82, 2.24) is 14.7 Å². The second-order valence-corrected chi connectivity index (χ2v) is 6.20. The summed E-state index contributed by atoms with van der Waals surface area (Å²) in [6, 6.07) is 10.3. The number of aromatic nitrogens is 2. The smallest absolute Gasteiger partial charge is 0.408 e. The second kappa shape index (κ2) is 4.87. The summed E-state index contributed by atoms with van der Waals surface area (Å²) in [4.78, 5) is 13.3. The van der Waals surface area contributed by atoms with Crippen LogP contribution in [0.15, 0.2) is 30.3 Å². The normalized spacial score (nSPS) is 23.2. The Balaban J connectivity index is 1.87. The Morgan fingerprint density at radius 3 is 2.77 bits per heavy atom. The van der Waals surface area contributed by atoms with Crippen LogP contribution < -0.4 is 0 Å². The van der Waals surface area contributed by atoms with Crippen LogP contribution in [0.2, 0.25) is 0 Å². The summed E-state index contributed by atoms with van der Waals surface area (Å²) in [6.45, 7) is 0. The maximum absolute atomic E-state index is 11.6. The lowest BCUT2D eigenvalue weighted by Gasteiger charge is -2.43. The number of hydrogen-bond acceptors (Lipinski definition) is 2. The zero-order valence-corrected chi connectivity index (χ0v) is 12.6. The fraction of sp³-hybridized carbons (Fsp3) is 0.412. The van der Waals surface area contributed by atoms with E-state index in [1.165, 1.54) is 5.56 Å². The largest absolute Gasteiger partial charge is 0.465 e. The van der Waals surface area contributed by atoms with Crippen molar-refractivity contribution in [3.63, 3.8) is 0 Å². The van der Waals surface area contributed by atoms with Crippen LogP contribution in [-0.2, 0) is 13.5 Å². The number of rotatable bonds is 1. The van der Waals surface area contributed by atoms with Crippen LogP contribution in [-0.4, -0.2) is 31.9 Å². The van der Waals surface area contributed by atoms with Crippen molar-refractivity contribution in [2.75, 3.05) is 0 Å². The second-order valence-electron chi connectivity index (χ2n) is 6.20. The molecule has 0 aliphatic carbocycles. The number of carbonyl (C=O) groups is 1. The van der Waals surface area contributed by atoms with Gasteiger partial charge in [-0.25, -0.2) is 4.79 Å². The molecule has 2 aliphatic heterocycles. The average Bonchev–Trinajstić information content (AvgIpc) is 2.83. The van der Waals surface area contributed by atoms with Crippen LogP contribution in [0.5, 0.6) is 0 Å². The average molecular weight is 297 g/mol. The Morgan fingerprint density at radius 2 is 2.05 bits per heavy atom. The molecule has 114 valence electrons. The number of amides is 1. The van der Waals surface area contributed by atoms with E-state index in [1.807, 2.05) is 29.9 Å². The minimum Gasteiger partial charge on any atom is -0.465 e. The molecule has 3 heterocycles. The maximum Gasteiger partial charge on any atom is 0.408 e. The molecule has 5 nitrogen and oxygen atoms in total. The fourth-order valence-electron chi connectivity index (χ4n) is 4.09. The molecule has 0 spiro atoms. The van der Waals surface area contributed by atoms with E-state index >= 15 is 0 Å². The van der Waals surface area contributed by atoms with Gasteiger partial charge < -0.3 is 5.11 Å². The number of aryl methyl sites for hydroxylation is 1. The van der Waals surface area contributed by atoms with Gasteiger partial charge in [-0.05, 0) is 25.7 Å². The number of benzene rings is 1. The van der Waals surface area contributed by atoms with Gasteiger partial charge >= 0.3 is 6.09 Å². The number of nitrogens with zero attached hydrogens (tertiary/aromatic N) is 3. The summed E-state index contributed by atoms with van der Waals surface area (Å²) in [5.41, 5.74) is 4.48. The van der Waals surface area contributed by atoms with Crippen molar-refractivity contribution < 1.29 is 9.90 Å². The van der Waals surface area contributed by atoms with Crippen molar-refractivity contribution in [3.8, 4) is 11.3 Å². The maximum atomic E-state index is 11.6. The Bertz CT molecular complexity index is 723. The SMILES string of the molecule is Cn1nc2c(c1-c1ccccc1)C[C@H]1CCC[C@@H]2N1C(=O)O. The molecule has 1 aromatic heterocycles. The molecule has 1 fully saturated rings. The number of fused-ring (bicyclic) bond motifs is 4. The zero-order valence-electron chi connectivity index (χ0n) is 12.6. The molecule has 22 heavy (non-hydrogen) atoms. The Kier molecular flexibility index (Phi) is 2.96. The molecule has 1 N–H and O–H groups in total. The molecule has 2 bridgehead atoms. The summed E-state index contributed by atoms with van der Waals surface area (Å²) >= 11 is 0. The predicted molar refractivity (Wildman–Crippen MR) is 82.6 cm³/mol. The molecule has 1 saturated heterocycles. The third-order valence-corrected chi connectivity index (χ3v) is 4.94. The van der Waals surface area contributed by atoms with E-state index in [9.17, 15) is 9.90 Å². The Morgan fingerprint density at radius 1 is 1.27 bits per heavy atom. The molecule has 1 aromatic carbocycles. The summed E-state index contributed by atoms with van der Waals surface area (Å²) in [7, 11) is 1.95. The van der Waals surface area contributed by atoms with Crippen molar-refractivity contribution in [2.24, 2.45) is 7.05 Å². The van der Waals surface area contributed by atoms with Gasteiger partial charge in [0.2, 0.25) is 0 Å². The third-order valence-electron chi connectivity index (χ3n) is 4.94. The first kappa shape index (κ1) is 13.4. The van der Waals surface area contributed by atoms with Crippen molar-refractivity contribution >= 4 is 6.09 Å². The summed E-state index contributed by atoms with van der Waals surface area (Å²) in [5, 5.41) is 14.2. The minimum atomic E-state index is -0.813. The molecule has 0 radical (unpaired) electrons. The Labute approximate surface area is 129 Å². The summed E-state index contributed by atoms with van der Waals surface area (Å²) < 4.78 is 1.92. The van der Waals surface area contributed by atoms with E-state index in [-0.39, 0.29) is 12.1 Å². The van der Waals surface area contributed by atoms with Gasteiger partial charge in [-0.2, -0.15) is 5.10 Å². The quantitative estimate of drug-likeness (QED) is 0.879. The highest BCUT2D eigenvalue weighted by molar-refractivity contribution is 5.70. The molecule has 5 heteroatoms. The predicted octanol–water partition coefficient (Wildman–Crippen LogP) is 3.22. The van der Waals surface area contributed by atoms with Crippen molar-refractivity contribution in [3.05, 3.63) is 41.6 Å². The minimum absolute atomic E-state index is 0.0799. The highest BCUT2D eigenvalue weighted by atomic mass is 16.4. The standard InChI is InChI=1S/C17H19N3O2/c1-19-16(11-6-3-2-4-7-11)13-10-12-8-5-9-14(15(13)18-19)20(12)17(21)22/h2-4,6-7,12,14H,5,8-10H2,1H3,(H,21,22)/t12-,14+/m1/s1. The van der Waals surface area contributed by atoms with E-state index < -0.39 is 6.09 Å². The topological polar surface area (TPSA) is 58.4 Å². The van der Waals surface area contributed by atoms with E-state index in [0.717, 1.165) is 42.6 Å². The molecular weight excluding hydrogens is 278 g/mol. The molecule has 0 saturated carbocycles. The first-order valence-electron chi connectivity index (χ1n) is 7.79. The van der Waals surface area contributed by atoms with Gasteiger partial charge in [-0.15, -0.1) is 0 Å². The lowest BCUT2D eigenvalue weighted by atomic mass is 9.82. The van der Waals surface area contributed by atoms with Gasteiger partial charge in [0.1, 0.15) is 0 Å².